The lowest BCUT2D eigenvalue weighted by Crippen LogP contribution is -2.16. The van der Waals surface area contributed by atoms with Gasteiger partial charge in [0, 0.05) is 18.3 Å². The number of hydrogen-bond donors (Lipinski definition) is 1. The van der Waals surface area contributed by atoms with Crippen LogP contribution in [0.5, 0.6) is 0 Å². The SMILES string of the molecule is Fc1ccc(CCNCc2cnn3ccccc23)cc1. The van der Waals surface area contributed by atoms with Gasteiger partial charge in [0.1, 0.15) is 5.82 Å². The molecule has 0 aliphatic heterocycles. The number of benzene rings is 1. The largest absolute Gasteiger partial charge is 0.312 e. The van der Waals surface area contributed by atoms with Crippen molar-refractivity contribution in [1.82, 2.24) is 14.9 Å². The van der Waals surface area contributed by atoms with Crippen molar-refractivity contribution in [2.24, 2.45) is 0 Å². The Kier molecular flexibility index (Phi) is 3.74. The minimum absolute atomic E-state index is 0.187. The quantitative estimate of drug-likeness (QED) is 0.722. The summed E-state index contributed by atoms with van der Waals surface area (Å²) in [6, 6.07) is 12.7. The second-order valence-corrected chi connectivity index (χ2v) is 4.75. The van der Waals surface area contributed by atoms with E-state index in [1.54, 1.807) is 0 Å². The first-order valence-corrected chi connectivity index (χ1v) is 6.69. The molecule has 2 aromatic heterocycles. The number of halogens is 1. The standard InChI is InChI=1S/C16H16FN3/c17-15-6-4-13(5-7-15)8-9-18-11-14-12-19-20-10-2-1-3-16(14)20/h1-7,10,12,18H,8-9,11H2. The number of aromatic nitrogens is 2. The molecule has 0 saturated heterocycles. The molecular weight excluding hydrogens is 253 g/mol. The van der Waals surface area contributed by atoms with Gasteiger partial charge < -0.3 is 5.32 Å². The van der Waals surface area contributed by atoms with Crippen LogP contribution in [0.15, 0.2) is 54.9 Å². The van der Waals surface area contributed by atoms with Gasteiger partial charge in [0.25, 0.3) is 0 Å². The van der Waals surface area contributed by atoms with E-state index in [2.05, 4.69) is 16.5 Å². The fourth-order valence-corrected chi connectivity index (χ4v) is 2.23. The summed E-state index contributed by atoms with van der Waals surface area (Å²) >= 11 is 0. The molecule has 0 unspecified atom stereocenters. The monoisotopic (exact) mass is 269 g/mol. The summed E-state index contributed by atoms with van der Waals surface area (Å²) in [7, 11) is 0. The molecule has 0 fully saturated rings. The van der Waals surface area contributed by atoms with Crippen LogP contribution in [0.1, 0.15) is 11.1 Å². The summed E-state index contributed by atoms with van der Waals surface area (Å²) in [4.78, 5) is 0. The fraction of sp³-hybridized carbons (Fsp3) is 0.188. The van der Waals surface area contributed by atoms with Crippen LogP contribution in [0.2, 0.25) is 0 Å². The summed E-state index contributed by atoms with van der Waals surface area (Å²) in [5, 5.41) is 7.70. The highest BCUT2D eigenvalue weighted by Gasteiger charge is 2.02. The third kappa shape index (κ3) is 2.86. The van der Waals surface area contributed by atoms with Crippen molar-refractivity contribution in [1.29, 1.82) is 0 Å². The first kappa shape index (κ1) is 12.8. The van der Waals surface area contributed by atoms with Gasteiger partial charge in [-0.2, -0.15) is 5.10 Å². The third-order valence-electron chi connectivity index (χ3n) is 3.33. The molecule has 0 bridgehead atoms. The number of nitrogens with one attached hydrogen (secondary N) is 1. The van der Waals surface area contributed by atoms with E-state index >= 15 is 0 Å². The molecule has 0 radical (unpaired) electrons. The lowest BCUT2D eigenvalue weighted by molar-refractivity contribution is 0.626. The maximum Gasteiger partial charge on any atom is 0.123 e. The van der Waals surface area contributed by atoms with Crippen molar-refractivity contribution in [3.05, 3.63) is 71.8 Å². The number of rotatable bonds is 5. The van der Waals surface area contributed by atoms with Crippen LogP contribution in [-0.4, -0.2) is 16.2 Å². The summed E-state index contributed by atoms with van der Waals surface area (Å²) in [6.45, 7) is 1.64. The van der Waals surface area contributed by atoms with E-state index in [4.69, 9.17) is 0 Å². The minimum Gasteiger partial charge on any atom is -0.312 e. The molecule has 1 N–H and O–H groups in total. The van der Waals surface area contributed by atoms with Crippen molar-refractivity contribution >= 4 is 5.52 Å². The fourth-order valence-electron chi connectivity index (χ4n) is 2.23. The molecule has 0 atom stereocenters. The molecule has 20 heavy (non-hydrogen) atoms. The van der Waals surface area contributed by atoms with Crippen molar-refractivity contribution < 1.29 is 4.39 Å². The summed E-state index contributed by atoms with van der Waals surface area (Å²) in [5.74, 6) is -0.187. The second-order valence-electron chi connectivity index (χ2n) is 4.75. The van der Waals surface area contributed by atoms with Gasteiger partial charge in [-0.1, -0.05) is 18.2 Å². The van der Waals surface area contributed by atoms with E-state index in [1.165, 1.54) is 17.7 Å². The number of pyridine rings is 1. The minimum atomic E-state index is -0.187. The van der Waals surface area contributed by atoms with Gasteiger partial charge in [0.2, 0.25) is 0 Å². The number of fused-ring (bicyclic) bond motifs is 1. The molecule has 3 aromatic rings. The Morgan fingerprint density at radius 2 is 1.95 bits per heavy atom. The Hall–Kier alpha value is -2.20. The van der Waals surface area contributed by atoms with Crippen molar-refractivity contribution in [3.63, 3.8) is 0 Å². The highest BCUT2D eigenvalue weighted by atomic mass is 19.1. The zero-order valence-electron chi connectivity index (χ0n) is 11.1. The summed E-state index contributed by atoms with van der Waals surface area (Å²) in [6.07, 6.45) is 4.72. The van der Waals surface area contributed by atoms with Gasteiger partial charge in [-0.15, -0.1) is 0 Å². The Labute approximate surface area is 117 Å². The van der Waals surface area contributed by atoms with Gasteiger partial charge in [-0.3, -0.25) is 0 Å². The lowest BCUT2D eigenvalue weighted by Gasteiger charge is -2.04. The van der Waals surface area contributed by atoms with E-state index in [9.17, 15) is 4.39 Å². The van der Waals surface area contributed by atoms with E-state index in [1.807, 2.05) is 41.2 Å². The van der Waals surface area contributed by atoms with E-state index in [0.29, 0.717) is 0 Å². The van der Waals surface area contributed by atoms with Gasteiger partial charge in [0.05, 0.1) is 11.7 Å². The molecule has 3 nitrogen and oxygen atoms in total. The predicted octanol–water partition coefficient (Wildman–Crippen LogP) is 2.81. The average Bonchev–Trinajstić information content (AvgIpc) is 2.89. The highest BCUT2D eigenvalue weighted by molar-refractivity contribution is 5.53. The zero-order valence-corrected chi connectivity index (χ0v) is 11.1. The summed E-state index contributed by atoms with van der Waals surface area (Å²) < 4.78 is 14.7. The molecule has 2 heterocycles. The number of nitrogens with zero attached hydrogens (tertiary/aromatic N) is 2. The van der Waals surface area contributed by atoms with Crippen LogP contribution < -0.4 is 5.32 Å². The topological polar surface area (TPSA) is 29.3 Å². The maximum atomic E-state index is 12.8. The van der Waals surface area contributed by atoms with Crippen LogP contribution in [0, 0.1) is 5.82 Å². The van der Waals surface area contributed by atoms with E-state index in [-0.39, 0.29) is 5.82 Å². The van der Waals surface area contributed by atoms with Crippen LogP contribution >= 0.6 is 0 Å². The normalized spacial score (nSPS) is 11.1. The maximum absolute atomic E-state index is 12.8. The molecule has 0 spiro atoms. The van der Waals surface area contributed by atoms with Crippen LogP contribution in [0.25, 0.3) is 5.52 Å². The lowest BCUT2D eigenvalue weighted by atomic mass is 10.1. The van der Waals surface area contributed by atoms with Gasteiger partial charge in [-0.05, 0) is 42.8 Å². The first-order valence-electron chi connectivity index (χ1n) is 6.69. The van der Waals surface area contributed by atoms with Gasteiger partial charge in [0.15, 0.2) is 0 Å². The van der Waals surface area contributed by atoms with E-state index < -0.39 is 0 Å². The van der Waals surface area contributed by atoms with Gasteiger partial charge >= 0.3 is 0 Å². The molecule has 0 aliphatic carbocycles. The molecule has 3 rings (SSSR count). The van der Waals surface area contributed by atoms with Gasteiger partial charge in [-0.25, -0.2) is 8.91 Å². The first-order chi connectivity index (χ1) is 9.83. The third-order valence-corrected chi connectivity index (χ3v) is 3.33. The molecule has 0 aliphatic rings. The Morgan fingerprint density at radius 3 is 2.80 bits per heavy atom. The second kappa shape index (κ2) is 5.84. The molecule has 0 saturated carbocycles. The Balaban J connectivity index is 1.54. The Bertz CT molecular complexity index is 688. The smallest absolute Gasteiger partial charge is 0.123 e. The average molecular weight is 269 g/mol. The highest BCUT2D eigenvalue weighted by Crippen LogP contribution is 2.09. The molecular formula is C16H16FN3. The molecule has 0 amide bonds. The Morgan fingerprint density at radius 1 is 1.10 bits per heavy atom. The van der Waals surface area contributed by atoms with Crippen molar-refractivity contribution in [3.8, 4) is 0 Å². The van der Waals surface area contributed by atoms with Crippen LogP contribution in [-0.2, 0) is 13.0 Å². The molecule has 1 aromatic carbocycles. The van der Waals surface area contributed by atoms with Crippen molar-refractivity contribution in [2.75, 3.05) is 6.54 Å². The van der Waals surface area contributed by atoms with Crippen molar-refractivity contribution in [2.45, 2.75) is 13.0 Å². The van der Waals surface area contributed by atoms with Crippen LogP contribution in [0.3, 0.4) is 0 Å². The molecule has 102 valence electrons. The predicted molar refractivity (Wildman–Crippen MR) is 77.0 cm³/mol. The summed E-state index contributed by atoms with van der Waals surface area (Å²) in [5.41, 5.74) is 3.45. The van der Waals surface area contributed by atoms with Crippen LogP contribution in [0.4, 0.5) is 4.39 Å². The van der Waals surface area contributed by atoms with E-state index in [0.717, 1.165) is 30.6 Å². The zero-order chi connectivity index (χ0) is 13.8. The molecule has 4 heteroatoms. The number of hydrogen-bond acceptors (Lipinski definition) is 2.